The van der Waals surface area contributed by atoms with Gasteiger partial charge in [0.1, 0.15) is 0 Å². The van der Waals surface area contributed by atoms with E-state index in [-0.39, 0.29) is 11.2 Å². The largest absolute Gasteiger partial charge is 0.294 e. The minimum Gasteiger partial charge on any atom is -0.294 e. The van der Waals surface area contributed by atoms with Gasteiger partial charge in [-0.05, 0) is 12.8 Å². The molecule has 0 bridgehead atoms. The van der Waals surface area contributed by atoms with Gasteiger partial charge in [0.05, 0.1) is 15.6 Å². The summed E-state index contributed by atoms with van der Waals surface area (Å²) >= 11 is 1.60. The zero-order valence-electron chi connectivity index (χ0n) is 9.76. The van der Waals surface area contributed by atoms with Crippen molar-refractivity contribution in [2.24, 2.45) is 0 Å². The number of hydrogen-bond acceptors (Lipinski definition) is 3. The van der Waals surface area contributed by atoms with Gasteiger partial charge in [-0.3, -0.25) is 4.79 Å². The highest BCUT2D eigenvalue weighted by Crippen LogP contribution is 2.44. The van der Waals surface area contributed by atoms with Crippen molar-refractivity contribution in [2.45, 2.75) is 51.9 Å². The van der Waals surface area contributed by atoms with Crippen LogP contribution in [-0.2, 0) is 5.41 Å². The molecular weight excluding hydrogens is 206 g/mol. The van der Waals surface area contributed by atoms with E-state index in [1.54, 1.807) is 18.3 Å². The number of aromatic nitrogens is 1. The molecule has 2 rings (SSSR count). The highest BCUT2D eigenvalue weighted by atomic mass is 32.1. The molecule has 1 aliphatic carbocycles. The Hall–Kier alpha value is -0.700. The monoisotopic (exact) mass is 223 g/mol. The van der Waals surface area contributed by atoms with E-state index in [4.69, 9.17) is 0 Å². The van der Waals surface area contributed by atoms with Gasteiger partial charge in [0.25, 0.3) is 0 Å². The van der Waals surface area contributed by atoms with Crippen LogP contribution in [0.15, 0.2) is 0 Å². The fourth-order valence-electron chi connectivity index (χ4n) is 1.59. The quantitative estimate of drug-likeness (QED) is 0.718. The molecule has 1 fully saturated rings. The summed E-state index contributed by atoms with van der Waals surface area (Å²) in [5.41, 5.74) is 0.965. The Morgan fingerprint density at radius 1 is 1.40 bits per heavy atom. The molecule has 0 amide bonds. The summed E-state index contributed by atoms with van der Waals surface area (Å²) < 4.78 is 0. The Balaban J connectivity index is 2.46. The fraction of sp³-hybridized carbons (Fsp3) is 0.667. The zero-order valence-corrected chi connectivity index (χ0v) is 10.6. The van der Waals surface area contributed by atoms with E-state index in [1.807, 2.05) is 0 Å². The fourth-order valence-corrected chi connectivity index (χ4v) is 2.93. The molecule has 0 spiro atoms. The first-order valence-corrected chi connectivity index (χ1v) is 6.23. The number of thiazole rings is 1. The smallest absolute Gasteiger partial charge is 0.171 e. The molecule has 1 aromatic rings. The van der Waals surface area contributed by atoms with Crippen molar-refractivity contribution in [3.63, 3.8) is 0 Å². The number of Topliss-reactive ketones (excluding diaryl/α,β-unsaturated/α-hetero) is 1. The Bertz CT molecular complexity index is 396. The number of hydrogen-bond donors (Lipinski definition) is 0. The van der Waals surface area contributed by atoms with Crippen molar-refractivity contribution in [1.29, 1.82) is 0 Å². The predicted octanol–water partition coefficient (Wildman–Crippen LogP) is 3.52. The summed E-state index contributed by atoms with van der Waals surface area (Å²) in [6.45, 7) is 7.99. The van der Waals surface area contributed by atoms with Crippen LogP contribution in [0.4, 0.5) is 0 Å². The molecule has 1 saturated carbocycles. The average Bonchev–Trinajstić information content (AvgIpc) is 2.81. The van der Waals surface area contributed by atoms with Crippen molar-refractivity contribution in [3.8, 4) is 0 Å². The third-order valence-electron chi connectivity index (χ3n) is 2.60. The van der Waals surface area contributed by atoms with Gasteiger partial charge in [0, 0.05) is 18.3 Å². The molecule has 0 atom stereocenters. The molecule has 2 nitrogen and oxygen atoms in total. The van der Waals surface area contributed by atoms with E-state index in [2.05, 4.69) is 25.8 Å². The molecule has 0 N–H and O–H groups in total. The molecule has 1 heterocycles. The standard InChI is InChI=1S/C12H17NOS/c1-7(14)9-10(12(2,3)4)13-11(15-9)8-5-6-8/h8H,5-6H2,1-4H3. The second-order valence-corrected chi connectivity index (χ2v) is 6.34. The maximum Gasteiger partial charge on any atom is 0.171 e. The lowest BCUT2D eigenvalue weighted by atomic mass is 9.91. The molecule has 15 heavy (non-hydrogen) atoms. The first-order valence-electron chi connectivity index (χ1n) is 5.41. The highest BCUT2D eigenvalue weighted by Gasteiger charge is 2.32. The third kappa shape index (κ3) is 2.12. The summed E-state index contributed by atoms with van der Waals surface area (Å²) in [5, 5.41) is 1.17. The second-order valence-electron chi connectivity index (χ2n) is 5.31. The van der Waals surface area contributed by atoms with Gasteiger partial charge in [-0.15, -0.1) is 11.3 Å². The van der Waals surface area contributed by atoms with Gasteiger partial charge in [-0.25, -0.2) is 4.98 Å². The first kappa shape index (κ1) is 10.8. The molecular formula is C12H17NOS. The van der Waals surface area contributed by atoms with Crippen molar-refractivity contribution in [3.05, 3.63) is 15.6 Å². The molecule has 1 aromatic heterocycles. The van der Waals surface area contributed by atoms with Gasteiger partial charge in [0.15, 0.2) is 5.78 Å². The van der Waals surface area contributed by atoms with Gasteiger partial charge in [0.2, 0.25) is 0 Å². The molecule has 82 valence electrons. The third-order valence-corrected chi connectivity index (χ3v) is 3.92. The van der Waals surface area contributed by atoms with Gasteiger partial charge < -0.3 is 0 Å². The zero-order chi connectivity index (χ0) is 11.2. The Labute approximate surface area is 94.7 Å². The summed E-state index contributed by atoms with van der Waals surface area (Å²) in [7, 11) is 0. The number of nitrogens with zero attached hydrogens (tertiary/aromatic N) is 1. The number of ketones is 1. The van der Waals surface area contributed by atoms with Crippen LogP contribution in [0.2, 0.25) is 0 Å². The van der Waals surface area contributed by atoms with E-state index in [0.29, 0.717) is 5.92 Å². The van der Waals surface area contributed by atoms with Crippen molar-refractivity contribution < 1.29 is 4.79 Å². The van der Waals surface area contributed by atoms with E-state index < -0.39 is 0 Å². The van der Waals surface area contributed by atoms with E-state index in [9.17, 15) is 4.79 Å². The Kier molecular flexibility index (Phi) is 2.45. The molecule has 0 aliphatic heterocycles. The van der Waals surface area contributed by atoms with Crippen molar-refractivity contribution in [1.82, 2.24) is 4.98 Å². The van der Waals surface area contributed by atoms with Gasteiger partial charge >= 0.3 is 0 Å². The SMILES string of the molecule is CC(=O)c1sc(C2CC2)nc1C(C)(C)C. The van der Waals surface area contributed by atoms with Crippen LogP contribution < -0.4 is 0 Å². The summed E-state index contributed by atoms with van der Waals surface area (Å²) in [4.78, 5) is 17.1. The van der Waals surface area contributed by atoms with Crippen LogP contribution in [0.5, 0.6) is 0 Å². The molecule has 0 saturated heterocycles. The molecule has 0 unspecified atom stereocenters. The van der Waals surface area contributed by atoms with E-state index in [1.165, 1.54) is 17.8 Å². The Morgan fingerprint density at radius 2 is 2.00 bits per heavy atom. The van der Waals surface area contributed by atoms with Crippen LogP contribution in [0.25, 0.3) is 0 Å². The van der Waals surface area contributed by atoms with E-state index in [0.717, 1.165) is 10.6 Å². The predicted molar refractivity (Wildman–Crippen MR) is 62.8 cm³/mol. The van der Waals surface area contributed by atoms with Crippen LogP contribution in [-0.4, -0.2) is 10.8 Å². The van der Waals surface area contributed by atoms with Gasteiger partial charge in [-0.1, -0.05) is 20.8 Å². The summed E-state index contributed by atoms with van der Waals surface area (Å²) in [6.07, 6.45) is 2.49. The topological polar surface area (TPSA) is 30.0 Å². The molecule has 0 aromatic carbocycles. The maximum atomic E-state index is 11.5. The van der Waals surface area contributed by atoms with Crippen molar-refractivity contribution in [2.75, 3.05) is 0 Å². The molecule has 1 aliphatic rings. The number of carbonyl (C=O) groups is 1. The normalized spacial score (nSPS) is 16.8. The van der Waals surface area contributed by atoms with Crippen LogP contribution in [0.1, 0.15) is 66.8 Å². The van der Waals surface area contributed by atoms with Crippen molar-refractivity contribution >= 4 is 17.1 Å². The number of rotatable bonds is 2. The lowest BCUT2D eigenvalue weighted by molar-refractivity contribution is 0.101. The minimum atomic E-state index is -0.0232. The van der Waals surface area contributed by atoms with Gasteiger partial charge in [-0.2, -0.15) is 0 Å². The minimum absolute atomic E-state index is 0.0232. The maximum absolute atomic E-state index is 11.5. The van der Waals surface area contributed by atoms with Crippen LogP contribution in [0, 0.1) is 0 Å². The highest BCUT2D eigenvalue weighted by molar-refractivity contribution is 7.14. The average molecular weight is 223 g/mol. The van der Waals surface area contributed by atoms with E-state index >= 15 is 0 Å². The lowest BCUT2D eigenvalue weighted by Crippen LogP contribution is -2.15. The molecule has 3 heteroatoms. The molecule has 0 radical (unpaired) electrons. The Morgan fingerprint density at radius 3 is 2.33 bits per heavy atom. The van der Waals surface area contributed by atoms with Crippen LogP contribution >= 0.6 is 11.3 Å². The summed E-state index contributed by atoms with van der Waals surface area (Å²) in [6, 6.07) is 0. The summed E-state index contributed by atoms with van der Waals surface area (Å²) in [5.74, 6) is 0.800. The first-order chi connectivity index (χ1) is 6.89. The lowest BCUT2D eigenvalue weighted by Gasteiger charge is -2.16. The number of carbonyl (C=O) groups excluding carboxylic acids is 1. The van der Waals surface area contributed by atoms with Crippen LogP contribution in [0.3, 0.4) is 0 Å². The second kappa shape index (κ2) is 3.41.